The summed E-state index contributed by atoms with van der Waals surface area (Å²) in [7, 11) is 0. The van der Waals surface area contributed by atoms with Crippen LogP contribution in [-0.2, 0) is 15.3 Å². The van der Waals surface area contributed by atoms with E-state index in [0.29, 0.717) is 16.9 Å². The summed E-state index contributed by atoms with van der Waals surface area (Å²) < 4.78 is 26.9. The van der Waals surface area contributed by atoms with Crippen molar-refractivity contribution in [1.29, 1.82) is 0 Å². The lowest BCUT2D eigenvalue weighted by atomic mass is 9.92. The SMILES string of the molecule is Cc1ccc(F)cc1NC(=O)[C@@H]1CC(=O)Nc2nc(SCc3cccc(F)c3)[nH]c(=O)c21. The fraction of sp³-hybridized carbons (Fsp3) is 0.182. The molecule has 10 heteroatoms. The van der Waals surface area contributed by atoms with Crippen molar-refractivity contribution in [2.45, 2.75) is 30.2 Å². The van der Waals surface area contributed by atoms with E-state index >= 15 is 0 Å². The number of carbonyl (C=O) groups is 2. The number of carbonyl (C=O) groups excluding carboxylic acids is 2. The highest BCUT2D eigenvalue weighted by Gasteiger charge is 2.35. The number of benzene rings is 2. The Bertz CT molecular complexity index is 1280. The lowest BCUT2D eigenvalue weighted by Gasteiger charge is -2.23. The molecular weight excluding hydrogens is 438 g/mol. The number of hydrogen-bond donors (Lipinski definition) is 3. The van der Waals surface area contributed by atoms with Crippen LogP contribution in [0.5, 0.6) is 0 Å². The molecule has 0 saturated heterocycles. The molecule has 32 heavy (non-hydrogen) atoms. The fourth-order valence-corrected chi connectivity index (χ4v) is 4.17. The van der Waals surface area contributed by atoms with Gasteiger partial charge in [-0.2, -0.15) is 0 Å². The summed E-state index contributed by atoms with van der Waals surface area (Å²) in [5.41, 5.74) is 1.06. The third-order valence-corrected chi connectivity index (χ3v) is 5.91. The first-order chi connectivity index (χ1) is 15.3. The smallest absolute Gasteiger partial charge is 0.257 e. The van der Waals surface area contributed by atoms with Crippen LogP contribution < -0.4 is 16.2 Å². The standard InChI is InChI=1S/C22H18F2N4O3S/c1-11-5-6-14(24)8-16(11)25-20(30)15-9-17(29)26-19-18(15)21(31)28-22(27-19)32-10-12-3-2-4-13(23)7-12/h2-8,15H,9-10H2,1H3,(H,25,30)(H2,26,27,28,29,31)/t15-/m1/s1. The first kappa shape index (κ1) is 21.7. The Kier molecular flexibility index (Phi) is 6.04. The van der Waals surface area contributed by atoms with Crippen LogP contribution in [0.2, 0.25) is 0 Å². The quantitative estimate of drug-likeness (QED) is 0.401. The van der Waals surface area contributed by atoms with E-state index in [2.05, 4.69) is 20.6 Å². The Labute approximate surface area is 185 Å². The van der Waals surface area contributed by atoms with E-state index in [-0.39, 0.29) is 34.5 Å². The highest BCUT2D eigenvalue weighted by molar-refractivity contribution is 7.98. The van der Waals surface area contributed by atoms with E-state index in [1.807, 2.05) is 0 Å². The summed E-state index contributed by atoms with van der Waals surface area (Å²) in [6.07, 6.45) is -0.242. The van der Waals surface area contributed by atoms with Gasteiger partial charge >= 0.3 is 0 Å². The average molecular weight is 456 g/mol. The number of nitrogens with zero attached hydrogens (tertiary/aromatic N) is 1. The highest BCUT2D eigenvalue weighted by atomic mass is 32.2. The number of anilines is 2. The van der Waals surface area contributed by atoms with Gasteiger partial charge in [-0.1, -0.05) is 30.0 Å². The second kappa shape index (κ2) is 8.91. The number of aromatic nitrogens is 2. The highest BCUT2D eigenvalue weighted by Crippen LogP contribution is 2.31. The summed E-state index contributed by atoms with van der Waals surface area (Å²) in [6.45, 7) is 1.70. The summed E-state index contributed by atoms with van der Waals surface area (Å²) in [6, 6.07) is 9.99. The van der Waals surface area contributed by atoms with Crippen LogP contribution in [0.25, 0.3) is 0 Å². The van der Waals surface area contributed by atoms with Gasteiger partial charge in [-0.25, -0.2) is 13.8 Å². The molecule has 0 fully saturated rings. The van der Waals surface area contributed by atoms with Crippen molar-refractivity contribution in [3.05, 3.63) is 81.1 Å². The van der Waals surface area contributed by atoms with Gasteiger partial charge in [0.05, 0.1) is 11.5 Å². The number of hydrogen-bond acceptors (Lipinski definition) is 5. The van der Waals surface area contributed by atoms with Gasteiger partial charge in [-0.05, 0) is 42.3 Å². The van der Waals surface area contributed by atoms with Gasteiger partial charge < -0.3 is 15.6 Å². The average Bonchev–Trinajstić information content (AvgIpc) is 2.74. The maximum absolute atomic E-state index is 13.6. The third-order valence-electron chi connectivity index (χ3n) is 4.97. The minimum atomic E-state index is -1.08. The van der Waals surface area contributed by atoms with Gasteiger partial charge in [-0.3, -0.25) is 14.4 Å². The van der Waals surface area contributed by atoms with Crippen molar-refractivity contribution in [3.63, 3.8) is 0 Å². The van der Waals surface area contributed by atoms with Crippen LogP contribution in [-0.4, -0.2) is 21.8 Å². The van der Waals surface area contributed by atoms with E-state index in [9.17, 15) is 23.2 Å². The molecule has 0 aliphatic carbocycles. The Morgan fingerprint density at radius 1 is 1.19 bits per heavy atom. The molecule has 0 bridgehead atoms. The number of fused-ring (bicyclic) bond motifs is 1. The lowest BCUT2D eigenvalue weighted by Crippen LogP contribution is -2.36. The van der Waals surface area contributed by atoms with E-state index < -0.39 is 29.1 Å². The molecule has 7 nitrogen and oxygen atoms in total. The van der Waals surface area contributed by atoms with Crippen LogP contribution in [0.3, 0.4) is 0 Å². The number of amides is 2. The zero-order valence-corrected chi connectivity index (χ0v) is 17.7. The van der Waals surface area contributed by atoms with Gasteiger partial charge in [0.1, 0.15) is 17.5 Å². The number of aryl methyl sites for hydroxylation is 1. The minimum Gasteiger partial charge on any atom is -0.325 e. The Morgan fingerprint density at radius 2 is 1.97 bits per heavy atom. The molecule has 164 valence electrons. The summed E-state index contributed by atoms with van der Waals surface area (Å²) in [5.74, 6) is -2.70. The number of H-pyrrole nitrogens is 1. The normalized spacial score (nSPS) is 15.1. The van der Waals surface area contributed by atoms with Crippen LogP contribution in [0, 0.1) is 18.6 Å². The topological polar surface area (TPSA) is 104 Å². The second-order valence-corrected chi connectivity index (χ2v) is 8.27. The molecule has 3 N–H and O–H groups in total. The lowest BCUT2D eigenvalue weighted by molar-refractivity contribution is -0.123. The van der Waals surface area contributed by atoms with Crippen LogP contribution in [0.4, 0.5) is 20.3 Å². The molecular formula is C22H18F2N4O3S. The number of nitrogens with one attached hydrogen (secondary N) is 3. The third kappa shape index (κ3) is 4.70. The van der Waals surface area contributed by atoms with Crippen LogP contribution in [0.15, 0.2) is 52.4 Å². The first-order valence-electron chi connectivity index (χ1n) is 9.68. The van der Waals surface area contributed by atoms with Gasteiger partial charge in [0.2, 0.25) is 11.8 Å². The molecule has 4 rings (SSSR count). The minimum absolute atomic E-state index is 0.00264. The van der Waals surface area contributed by atoms with Crippen molar-refractivity contribution in [1.82, 2.24) is 9.97 Å². The molecule has 3 aromatic rings. The largest absolute Gasteiger partial charge is 0.325 e. The van der Waals surface area contributed by atoms with E-state index in [4.69, 9.17) is 0 Å². The Balaban J connectivity index is 1.59. The van der Waals surface area contributed by atoms with Crippen molar-refractivity contribution in [2.24, 2.45) is 0 Å². The monoisotopic (exact) mass is 456 g/mol. The number of rotatable bonds is 5. The van der Waals surface area contributed by atoms with Crippen LogP contribution >= 0.6 is 11.8 Å². The molecule has 1 aromatic heterocycles. The zero-order valence-electron chi connectivity index (χ0n) is 16.9. The van der Waals surface area contributed by atoms with Gasteiger partial charge in [0.25, 0.3) is 5.56 Å². The van der Waals surface area contributed by atoms with Crippen LogP contribution in [0.1, 0.15) is 29.0 Å². The van der Waals surface area contributed by atoms with Crippen molar-refractivity contribution < 1.29 is 18.4 Å². The van der Waals surface area contributed by atoms with Gasteiger partial charge in [0.15, 0.2) is 5.16 Å². The van der Waals surface area contributed by atoms with E-state index in [0.717, 1.165) is 11.8 Å². The molecule has 2 aromatic carbocycles. The summed E-state index contributed by atoms with van der Waals surface area (Å²) in [4.78, 5) is 44.8. The summed E-state index contributed by atoms with van der Waals surface area (Å²) in [5, 5.41) is 5.35. The van der Waals surface area contributed by atoms with Crippen molar-refractivity contribution in [3.8, 4) is 0 Å². The molecule has 2 heterocycles. The second-order valence-electron chi connectivity index (χ2n) is 7.31. The molecule has 2 amide bonds. The molecule has 1 aliphatic heterocycles. The predicted molar refractivity (Wildman–Crippen MR) is 117 cm³/mol. The molecule has 1 atom stereocenters. The Morgan fingerprint density at radius 3 is 2.75 bits per heavy atom. The molecule has 0 radical (unpaired) electrons. The summed E-state index contributed by atoms with van der Waals surface area (Å²) >= 11 is 1.16. The number of thioether (sulfide) groups is 1. The van der Waals surface area contributed by atoms with Crippen molar-refractivity contribution in [2.75, 3.05) is 10.6 Å². The maximum atomic E-state index is 13.6. The number of aromatic amines is 1. The van der Waals surface area contributed by atoms with E-state index in [1.54, 1.807) is 19.1 Å². The van der Waals surface area contributed by atoms with Gasteiger partial charge in [-0.15, -0.1) is 0 Å². The molecule has 1 aliphatic rings. The fourth-order valence-electron chi connectivity index (χ4n) is 3.37. The van der Waals surface area contributed by atoms with Gasteiger partial charge in [0, 0.05) is 17.9 Å². The molecule has 0 unspecified atom stereocenters. The maximum Gasteiger partial charge on any atom is 0.257 e. The molecule has 0 saturated carbocycles. The first-order valence-corrected chi connectivity index (χ1v) is 10.7. The predicted octanol–water partition coefficient (Wildman–Crippen LogP) is 3.71. The number of halogens is 2. The van der Waals surface area contributed by atoms with Crippen molar-refractivity contribution >= 4 is 35.1 Å². The van der Waals surface area contributed by atoms with E-state index in [1.165, 1.54) is 30.3 Å². The molecule has 0 spiro atoms. The Hall–Kier alpha value is -3.53. The zero-order chi connectivity index (χ0) is 22.8.